The second-order valence-electron chi connectivity index (χ2n) is 7.02. The highest BCUT2D eigenvalue weighted by Crippen LogP contribution is 2.34. The topological polar surface area (TPSA) is 30.8 Å². The van der Waals surface area contributed by atoms with Crippen molar-refractivity contribution in [3.8, 4) is 11.8 Å². The molecule has 1 aliphatic heterocycles. The molecule has 0 amide bonds. The maximum atomic E-state index is 6.09. The third-order valence-electron chi connectivity index (χ3n) is 3.27. The van der Waals surface area contributed by atoms with Crippen molar-refractivity contribution in [2.75, 3.05) is 6.61 Å². The Morgan fingerprint density at radius 1 is 1.23 bits per heavy atom. The Hall–Kier alpha value is -1.63. The van der Waals surface area contributed by atoms with Gasteiger partial charge in [-0.25, -0.2) is 0 Å². The van der Waals surface area contributed by atoms with Gasteiger partial charge < -0.3 is 9.47 Å². The number of benzene rings is 1. The number of hydrogen-bond donors (Lipinski definition) is 0. The fourth-order valence-corrected chi connectivity index (χ4v) is 2.23. The summed E-state index contributed by atoms with van der Waals surface area (Å²) in [7, 11) is 0. The molecule has 0 saturated carbocycles. The van der Waals surface area contributed by atoms with Crippen molar-refractivity contribution in [2.45, 2.75) is 52.6 Å². The van der Waals surface area contributed by atoms with Crippen LogP contribution in [-0.4, -0.2) is 24.7 Å². The summed E-state index contributed by atoms with van der Waals surface area (Å²) in [6.07, 6.45) is 1.56. The number of hydrogen-bond acceptors (Lipinski definition) is 3. The van der Waals surface area contributed by atoms with Gasteiger partial charge in [0.15, 0.2) is 5.79 Å². The second-order valence-corrected chi connectivity index (χ2v) is 7.02. The molecule has 22 heavy (non-hydrogen) atoms. The van der Waals surface area contributed by atoms with Crippen molar-refractivity contribution >= 4 is 6.21 Å². The molecule has 2 atom stereocenters. The van der Waals surface area contributed by atoms with Crippen LogP contribution in [0.25, 0.3) is 0 Å². The van der Waals surface area contributed by atoms with Crippen molar-refractivity contribution in [3.05, 3.63) is 35.9 Å². The first-order valence-electron chi connectivity index (χ1n) is 7.68. The number of aliphatic imine (C=N–C) groups is 1. The van der Waals surface area contributed by atoms with Crippen LogP contribution in [0.2, 0.25) is 0 Å². The lowest BCUT2D eigenvalue weighted by Gasteiger charge is -2.39. The van der Waals surface area contributed by atoms with Gasteiger partial charge in [0.1, 0.15) is 12.1 Å². The molecule has 0 aliphatic carbocycles. The minimum absolute atomic E-state index is 0.0214. The highest BCUT2D eigenvalue weighted by Gasteiger charge is 2.37. The van der Waals surface area contributed by atoms with Crippen molar-refractivity contribution < 1.29 is 9.47 Å². The fourth-order valence-electron chi connectivity index (χ4n) is 2.23. The van der Waals surface area contributed by atoms with Gasteiger partial charge >= 0.3 is 0 Å². The molecule has 1 aliphatic rings. The van der Waals surface area contributed by atoms with E-state index < -0.39 is 5.79 Å². The molecule has 0 bridgehead atoms. The van der Waals surface area contributed by atoms with E-state index in [1.165, 1.54) is 0 Å². The van der Waals surface area contributed by atoms with E-state index in [9.17, 15) is 0 Å². The SMILES string of the molecule is CC(C)(C)C#CC=N[C@H]1COC(C)(C)O[C@H]1c1ccccc1. The maximum Gasteiger partial charge on any atom is 0.163 e. The largest absolute Gasteiger partial charge is 0.348 e. The van der Waals surface area contributed by atoms with Crippen LogP contribution in [0.3, 0.4) is 0 Å². The predicted molar refractivity (Wildman–Crippen MR) is 89.8 cm³/mol. The van der Waals surface area contributed by atoms with Gasteiger partial charge in [-0.2, -0.15) is 0 Å². The molecule has 0 N–H and O–H groups in total. The van der Waals surface area contributed by atoms with Gasteiger partial charge in [0.05, 0.1) is 12.8 Å². The standard InChI is InChI=1S/C19H25NO2/c1-18(2,3)12-9-13-20-16-14-21-19(4,5)22-17(16)15-10-7-6-8-11-15/h6-8,10-11,13,16-17H,14H2,1-5H3/t16-,17-/m0/s1. The van der Waals surface area contributed by atoms with E-state index >= 15 is 0 Å². The molecule has 0 aromatic heterocycles. The molecule has 0 radical (unpaired) electrons. The van der Waals surface area contributed by atoms with Gasteiger partial charge in [-0.3, -0.25) is 4.99 Å². The zero-order valence-electron chi connectivity index (χ0n) is 14.1. The first-order chi connectivity index (χ1) is 10.3. The third kappa shape index (κ3) is 4.98. The summed E-state index contributed by atoms with van der Waals surface area (Å²) in [5, 5.41) is 0. The summed E-state index contributed by atoms with van der Waals surface area (Å²) >= 11 is 0. The molecule has 3 nitrogen and oxygen atoms in total. The molecule has 118 valence electrons. The summed E-state index contributed by atoms with van der Waals surface area (Å²) in [5.74, 6) is 5.57. The third-order valence-corrected chi connectivity index (χ3v) is 3.27. The first kappa shape index (κ1) is 16.7. The van der Waals surface area contributed by atoms with Crippen molar-refractivity contribution in [2.24, 2.45) is 10.4 Å². The summed E-state index contributed by atoms with van der Waals surface area (Å²) in [6, 6.07) is 10.1. The highest BCUT2D eigenvalue weighted by atomic mass is 16.7. The molecule has 2 rings (SSSR count). The lowest BCUT2D eigenvalue weighted by molar-refractivity contribution is -0.281. The van der Waals surface area contributed by atoms with E-state index in [2.05, 4.69) is 49.7 Å². The summed E-state index contributed by atoms with van der Waals surface area (Å²) < 4.78 is 11.8. The number of ether oxygens (including phenoxy) is 2. The van der Waals surface area contributed by atoms with Crippen LogP contribution in [0, 0.1) is 17.3 Å². The Morgan fingerprint density at radius 2 is 1.91 bits per heavy atom. The van der Waals surface area contributed by atoms with E-state index in [0.717, 1.165) is 5.56 Å². The molecular formula is C19H25NO2. The lowest BCUT2D eigenvalue weighted by atomic mass is 9.98. The predicted octanol–water partition coefficient (Wildman–Crippen LogP) is 4.00. The van der Waals surface area contributed by atoms with Crippen molar-refractivity contribution in [1.82, 2.24) is 0 Å². The smallest absolute Gasteiger partial charge is 0.163 e. The zero-order chi connectivity index (χ0) is 16.2. The maximum absolute atomic E-state index is 6.09. The number of nitrogens with zero attached hydrogens (tertiary/aromatic N) is 1. The first-order valence-corrected chi connectivity index (χ1v) is 7.68. The molecule has 1 saturated heterocycles. The van der Waals surface area contributed by atoms with E-state index in [1.807, 2.05) is 32.0 Å². The average molecular weight is 299 g/mol. The van der Waals surface area contributed by atoms with E-state index in [-0.39, 0.29) is 17.6 Å². The summed E-state index contributed by atoms with van der Waals surface area (Å²) in [4.78, 5) is 4.56. The van der Waals surface area contributed by atoms with Crippen LogP contribution in [-0.2, 0) is 9.47 Å². The minimum atomic E-state index is -0.594. The molecule has 3 heteroatoms. The van der Waals surface area contributed by atoms with E-state index in [4.69, 9.17) is 9.47 Å². The second kappa shape index (κ2) is 6.64. The van der Waals surface area contributed by atoms with Crippen LogP contribution in [0.15, 0.2) is 35.3 Å². The van der Waals surface area contributed by atoms with Crippen LogP contribution in [0.4, 0.5) is 0 Å². The van der Waals surface area contributed by atoms with E-state index in [1.54, 1.807) is 6.21 Å². The Kier molecular flexibility index (Phi) is 5.05. The lowest BCUT2D eigenvalue weighted by Crippen LogP contribution is -2.43. The quantitative estimate of drug-likeness (QED) is 0.610. The van der Waals surface area contributed by atoms with Crippen molar-refractivity contribution in [1.29, 1.82) is 0 Å². The van der Waals surface area contributed by atoms with Gasteiger partial charge in [0, 0.05) is 5.41 Å². The van der Waals surface area contributed by atoms with Crippen LogP contribution >= 0.6 is 0 Å². The minimum Gasteiger partial charge on any atom is -0.348 e. The Morgan fingerprint density at radius 3 is 2.55 bits per heavy atom. The molecule has 1 fully saturated rings. The Labute approximate surface area is 133 Å². The highest BCUT2D eigenvalue weighted by molar-refractivity contribution is 5.78. The number of rotatable bonds is 2. The van der Waals surface area contributed by atoms with E-state index in [0.29, 0.717) is 6.61 Å². The summed E-state index contributed by atoms with van der Waals surface area (Å²) in [5.41, 5.74) is 1.09. The molecule has 1 heterocycles. The molecule has 0 unspecified atom stereocenters. The molecule has 1 aromatic rings. The molecule has 1 aromatic carbocycles. The normalized spacial score (nSPS) is 24.8. The van der Waals surface area contributed by atoms with Crippen LogP contribution in [0.1, 0.15) is 46.3 Å². The van der Waals surface area contributed by atoms with Gasteiger partial charge in [-0.05, 0) is 40.2 Å². The van der Waals surface area contributed by atoms with Gasteiger partial charge in [0.25, 0.3) is 0 Å². The molecular weight excluding hydrogens is 274 g/mol. The summed E-state index contributed by atoms with van der Waals surface area (Å²) in [6.45, 7) is 10.6. The average Bonchev–Trinajstić information content (AvgIpc) is 2.44. The van der Waals surface area contributed by atoms with Gasteiger partial charge in [-0.15, -0.1) is 0 Å². The van der Waals surface area contributed by atoms with Gasteiger partial charge in [0.2, 0.25) is 0 Å². The molecule has 0 spiro atoms. The Balaban J connectivity index is 2.17. The van der Waals surface area contributed by atoms with Crippen LogP contribution < -0.4 is 0 Å². The van der Waals surface area contributed by atoms with Crippen molar-refractivity contribution in [3.63, 3.8) is 0 Å². The van der Waals surface area contributed by atoms with Crippen LogP contribution in [0.5, 0.6) is 0 Å². The Bertz CT molecular complexity index is 573. The monoisotopic (exact) mass is 299 g/mol. The fraction of sp³-hybridized carbons (Fsp3) is 0.526. The zero-order valence-corrected chi connectivity index (χ0v) is 14.1. The van der Waals surface area contributed by atoms with Gasteiger partial charge in [-0.1, -0.05) is 42.2 Å².